The van der Waals surface area contributed by atoms with Gasteiger partial charge in [0, 0.05) is 42.6 Å². The molecule has 1 saturated heterocycles. The van der Waals surface area contributed by atoms with Crippen molar-refractivity contribution >= 4 is 27.0 Å². The van der Waals surface area contributed by atoms with Gasteiger partial charge >= 0.3 is 0 Å². The van der Waals surface area contributed by atoms with Crippen LogP contribution in [0.1, 0.15) is 23.2 Å². The zero-order chi connectivity index (χ0) is 20.5. The van der Waals surface area contributed by atoms with Crippen LogP contribution in [0.3, 0.4) is 0 Å². The summed E-state index contributed by atoms with van der Waals surface area (Å²) in [5.41, 5.74) is 0.471. The summed E-state index contributed by atoms with van der Waals surface area (Å²) >= 11 is 0. The van der Waals surface area contributed by atoms with Crippen molar-refractivity contribution in [1.29, 1.82) is 0 Å². The maximum atomic E-state index is 13.1. The van der Waals surface area contributed by atoms with Gasteiger partial charge in [0.25, 0.3) is 5.69 Å². The van der Waals surface area contributed by atoms with Crippen LogP contribution >= 0.6 is 0 Å². The van der Waals surface area contributed by atoms with Crippen molar-refractivity contribution in [2.75, 3.05) is 24.2 Å². The number of benzene rings is 2. The number of sulfone groups is 1. The molecule has 1 heterocycles. The van der Waals surface area contributed by atoms with Crippen LogP contribution in [0.15, 0.2) is 47.4 Å². The summed E-state index contributed by atoms with van der Waals surface area (Å²) < 4.78 is 37.0. The van der Waals surface area contributed by atoms with Crippen molar-refractivity contribution in [2.24, 2.45) is 5.92 Å². The fourth-order valence-electron chi connectivity index (χ4n) is 3.42. The van der Waals surface area contributed by atoms with Gasteiger partial charge < -0.3 is 4.90 Å². The van der Waals surface area contributed by atoms with Gasteiger partial charge in [0.15, 0.2) is 15.6 Å². The van der Waals surface area contributed by atoms with Crippen molar-refractivity contribution in [3.8, 4) is 0 Å². The lowest BCUT2D eigenvalue weighted by Crippen LogP contribution is -2.38. The maximum Gasteiger partial charge on any atom is 0.288 e. The molecule has 0 amide bonds. The molecule has 0 bridgehead atoms. The van der Waals surface area contributed by atoms with Crippen molar-refractivity contribution in [1.82, 2.24) is 0 Å². The molecule has 1 fully saturated rings. The predicted molar refractivity (Wildman–Crippen MR) is 102 cm³/mol. The number of rotatable bonds is 5. The van der Waals surface area contributed by atoms with Crippen molar-refractivity contribution < 1.29 is 22.5 Å². The second-order valence-electron chi connectivity index (χ2n) is 6.84. The van der Waals surface area contributed by atoms with Gasteiger partial charge in [-0.1, -0.05) is 0 Å². The highest BCUT2D eigenvalue weighted by molar-refractivity contribution is 7.90. The Morgan fingerprint density at radius 2 is 1.89 bits per heavy atom. The van der Waals surface area contributed by atoms with Crippen LogP contribution in [0.25, 0.3) is 0 Å². The minimum Gasteiger partial charge on any atom is -0.371 e. The van der Waals surface area contributed by atoms with E-state index in [0.717, 1.165) is 6.26 Å². The molecule has 1 atom stereocenters. The Hall–Kier alpha value is -2.81. The highest BCUT2D eigenvalue weighted by Crippen LogP contribution is 2.31. The van der Waals surface area contributed by atoms with Crippen molar-refractivity contribution in [2.45, 2.75) is 17.7 Å². The minimum absolute atomic E-state index is 0.102. The zero-order valence-electron chi connectivity index (χ0n) is 15.2. The smallest absolute Gasteiger partial charge is 0.288 e. The van der Waals surface area contributed by atoms with Crippen LogP contribution < -0.4 is 4.90 Å². The van der Waals surface area contributed by atoms with Gasteiger partial charge in [0.1, 0.15) is 10.7 Å². The molecule has 0 radical (unpaired) electrons. The Morgan fingerprint density at radius 1 is 1.21 bits per heavy atom. The summed E-state index contributed by atoms with van der Waals surface area (Å²) in [6.07, 6.45) is 2.30. The average Bonchev–Trinajstić information content (AvgIpc) is 2.67. The largest absolute Gasteiger partial charge is 0.371 e. The average molecular weight is 406 g/mol. The molecule has 1 unspecified atom stereocenters. The second-order valence-corrected chi connectivity index (χ2v) is 8.82. The molecule has 0 aliphatic carbocycles. The third-order valence-corrected chi connectivity index (χ3v) is 5.95. The third kappa shape index (κ3) is 4.19. The van der Waals surface area contributed by atoms with Crippen molar-refractivity contribution in [3.05, 3.63) is 64.0 Å². The van der Waals surface area contributed by atoms with Gasteiger partial charge in [0.2, 0.25) is 0 Å². The molecule has 148 valence electrons. The lowest BCUT2D eigenvalue weighted by atomic mass is 9.89. The second kappa shape index (κ2) is 7.67. The van der Waals surface area contributed by atoms with E-state index in [0.29, 0.717) is 37.2 Å². The number of nitrogens with zero attached hydrogens (tertiary/aromatic N) is 2. The number of carbonyl (C=O) groups excluding carboxylic acids is 1. The first kappa shape index (κ1) is 19.9. The molecule has 9 heteroatoms. The van der Waals surface area contributed by atoms with Crippen LogP contribution in [0, 0.1) is 21.8 Å². The van der Waals surface area contributed by atoms with Gasteiger partial charge in [0.05, 0.1) is 4.92 Å². The Morgan fingerprint density at radius 3 is 2.50 bits per heavy atom. The molecule has 1 aliphatic heterocycles. The number of hydrogen-bond acceptors (Lipinski definition) is 6. The predicted octanol–water partition coefficient (Wildman–Crippen LogP) is 3.24. The number of halogens is 1. The van der Waals surface area contributed by atoms with Gasteiger partial charge in [-0.2, -0.15) is 0 Å². The number of anilines is 1. The first-order chi connectivity index (χ1) is 13.2. The molecule has 0 saturated carbocycles. The number of nitro benzene ring substituents is 1. The van der Waals surface area contributed by atoms with E-state index in [1.54, 1.807) is 0 Å². The fraction of sp³-hybridized carbons (Fsp3) is 0.316. The molecule has 1 aliphatic rings. The van der Waals surface area contributed by atoms with Gasteiger partial charge in [-0.3, -0.25) is 14.9 Å². The lowest BCUT2D eigenvalue weighted by Gasteiger charge is -2.34. The third-order valence-electron chi connectivity index (χ3n) is 4.83. The molecule has 7 nitrogen and oxygen atoms in total. The minimum atomic E-state index is -3.79. The standard InChI is InChI=1S/C19H19FN2O5S/c1-28(26,27)18-11-16(8-9-17(18)22(24)25)21-10-2-3-14(12-21)19(23)13-4-6-15(20)7-5-13/h4-9,11,14H,2-3,10,12H2,1H3. The summed E-state index contributed by atoms with van der Waals surface area (Å²) in [7, 11) is -3.79. The highest BCUT2D eigenvalue weighted by Gasteiger charge is 2.29. The van der Waals surface area contributed by atoms with Crippen LogP contribution in [0.5, 0.6) is 0 Å². The SMILES string of the molecule is CS(=O)(=O)c1cc(N2CCCC(C(=O)c3ccc(F)cc3)C2)ccc1[N+](=O)[O-]. The molecule has 28 heavy (non-hydrogen) atoms. The van der Waals surface area contributed by atoms with Crippen LogP contribution in [-0.2, 0) is 9.84 Å². The number of Topliss-reactive ketones (excluding diaryl/α,β-unsaturated/α-hetero) is 1. The summed E-state index contributed by atoms with van der Waals surface area (Å²) in [5.74, 6) is -0.841. The van der Waals surface area contributed by atoms with E-state index in [9.17, 15) is 27.7 Å². The molecular weight excluding hydrogens is 387 g/mol. The van der Waals surface area contributed by atoms with E-state index in [-0.39, 0.29) is 16.6 Å². The summed E-state index contributed by atoms with van der Waals surface area (Å²) in [4.78, 5) is 24.6. The summed E-state index contributed by atoms with van der Waals surface area (Å²) in [6, 6.07) is 9.34. The number of ketones is 1. The Labute approximate surface area is 161 Å². The van der Waals surface area contributed by atoms with Crippen LogP contribution in [0.2, 0.25) is 0 Å². The fourth-order valence-corrected chi connectivity index (χ4v) is 4.28. The summed E-state index contributed by atoms with van der Waals surface area (Å²) in [6.45, 7) is 0.964. The number of hydrogen-bond donors (Lipinski definition) is 0. The Balaban J connectivity index is 1.87. The molecule has 2 aromatic carbocycles. The van der Waals surface area contributed by atoms with E-state index in [2.05, 4.69) is 0 Å². The quantitative estimate of drug-likeness (QED) is 0.430. The van der Waals surface area contributed by atoms with E-state index >= 15 is 0 Å². The zero-order valence-corrected chi connectivity index (χ0v) is 16.0. The summed E-state index contributed by atoms with van der Waals surface area (Å²) in [5, 5.41) is 11.1. The van der Waals surface area contributed by atoms with Crippen LogP contribution in [-0.4, -0.2) is 38.5 Å². The van der Waals surface area contributed by atoms with Gasteiger partial charge in [-0.15, -0.1) is 0 Å². The van der Waals surface area contributed by atoms with E-state index in [1.807, 2.05) is 4.90 Å². The lowest BCUT2D eigenvalue weighted by molar-refractivity contribution is -0.387. The first-order valence-corrected chi connectivity index (χ1v) is 10.6. The highest BCUT2D eigenvalue weighted by atomic mass is 32.2. The van der Waals surface area contributed by atoms with Gasteiger partial charge in [-0.05, 0) is 49.2 Å². The van der Waals surface area contributed by atoms with Crippen LogP contribution in [0.4, 0.5) is 15.8 Å². The monoisotopic (exact) mass is 406 g/mol. The molecule has 3 rings (SSSR count). The van der Waals surface area contributed by atoms with E-state index in [4.69, 9.17) is 0 Å². The van der Waals surface area contributed by atoms with Gasteiger partial charge in [-0.25, -0.2) is 12.8 Å². The topological polar surface area (TPSA) is 97.6 Å². The normalized spacial score (nSPS) is 17.4. The first-order valence-electron chi connectivity index (χ1n) is 8.70. The molecule has 0 spiro atoms. The molecule has 2 aromatic rings. The Bertz CT molecular complexity index is 1020. The maximum absolute atomic E-state index is 13.1. The van der Waals surface area contributed by atoms with Crippen molar-refractivity contribution in [3.63, 3.8) is 0 Å². The number of carbonyl (C=O) groups is 1. The molecule has 0 aromatic heterocycles. The van der Waals surface area contributed by atoms with E-state index in [1.165, 1.54) is 42.5 Å². The Kier molecular flexibility index (Phi) is 5.46. The van der Waals surface area contributed by atoms with E-state index < -0.39 is 26.3 Å². The number of piperidine rings is 1. The number of nitro groups is 1. The molecular formula is C19H19FN2O5S. The molecule has 0 N–H and O–H groups in total.